The van der Waals surface area contributed by atoms with Crippen molar-refractivity contribution in [2.24, 2.45) is 0 Å². The summed E-state index contributed by atoms with van der Waals surface area (Å²) in [6, 6.07) is 19.2. The minimum absolute atomic E-state index is 0. The van der Waals surface area contributed by atoms with Gasteiger partial charge < -0.3 is 22.1 Å². The number of nitrogens with two attached hydrogens (primary N) is 1. The second-order valence-corrected chi connectivity index (χ2v) is 11.9. The number of benzene rings is 3. The van der Waals surface area contributed by atoms with Crippen molar-refractivity contribution >= 4 is 34.4 Å². The standard InChI is InChI=1S/C30H34ClN3O2.BrH/c1-29(2,3)21-15-20(16-22(27(21)36)30(4,5)6)26(35)18-34-25-14-10-9-13-24(25)33(28(34)32)17-19-11-7-8-12-23(19)31;/h7-16,32H,17-18H2,1-6H3,(H,35,36);1H. The Balaban J connectivity index is 0.00000380. The molecule has 1 heterocycles. The number of carbonyl (C=O) groups is 1. The number of halogens is 2. The number of phenols is 1. The smallest absolute Gasteiger partial charge is 0.356 e. The molecule has 1 aromatic heterocycles. The SMILES string of the molecule is CC(C)(C)c1cc(C(=O)Cn2c(N)[n+](Cc3ccccc3Cl)c3ccccc32)cc(C(C)(C)C)c1O.[Br-]. The number of aromatic hydroxyl groups is 1. The zero-order valence-corrected chi connectivity index (χ0v) is 24.6. The molecule has 3 aromatic carbocycles. The van der Waals surface area contributed by atoms with Crippen LogP contribution in [0.25, 0.3) is 11.0 Å². The van der Waals surface area contributed by atoms with Gasteiger partial charge in [-0.15, -0.1) is 0 Å². The van der Waals surface area contributed by atoms with E-state index >= 15 is 0 Å². The molecule has 5 nitrogen and oxygen atoms in total. The van der Waals surface area contributed by atoms with Gasteiger partial charge in [-0.25, -0.2) is 9.13 Å². The number of anilines is 1. The number of Topliss-reactive ketones (excluding diaryl/α,β-unsaturated/α-hetero) is 1. The number of ketones is 1. The Bertz CT molecular complexity index is 1430. The first-order valence-corrected chi connectivity index (χ1v) is 12.6. The topological polar surface area (TPSA) is 72.1 Å². The van der Waals surface area contributed by atoms with E-state index in [1.54, 1.807) is 0 Å². The van der Waals surface area contributed by atoms with Crippen LogP contribution >= 0.6 is 11.6 Å². The molecule has 0 saturated heterocycles. The van der Waals surface area contributed by atoms with Crippen LogP contribution in [0.1, 0.15) is 68.6 Å². The Labute approximate surface area is 234 Å². The zero-order valence-electron chi connectivity index (χ0n) is 22.3. The first-order valence-electron chi connectivity index (χ1n) is 12.2. The molecule has 0 atom stereocenters. The molecule has 0 fully saturated rings. The molecule has 37 heavy (non-hydrogen) atoms. The molecule has 4 rings (SSSR count). The third kappa shape index (κ3) is 5.70. The molecule has 0 bridgehead atoms. The first-order chi connectivity index (χ1) is 16.8. The summed E-state index contributed by atoms with van der Waals surface area (Å²) in [5.74, 6) is 0.675. The van der Waals surface area contributed by atoms with E-state index in [0.29, 0.717) is 23.1 Å². The van der Waals surface area contributed by atoms with Gasteiger partial charge in [-0.1, -0.05) is 83.5 Å². The van der Waals surface area contributed by atoms with Crippen LogP contribution < -0.4 is 27.3 Å². The monoisotopic (exact) mass is 583 g/mol. The van der Waals surface area contributed by atoms with Crippen molar-refractivity contribution in [3.8, 4) is 5.75 Å². The Morgan fingerprint density at radius 3 is 2.05 bits per heavy atom. The van der Waals surface area contributed by atoms with Crippen LogP contribution in [0, 0.1) is 0 Å². The molecule has 0 saturated carbocycles. The average Bonchev–Trinajstić information content (AvgIpc) is 3.05. The van der Waals surface area contributed by atoms with Crippen molar-refractivity contribution in [3.05, 3.63) is 87.9 Å². The number of hydrogen-bond acceptors (Lipinski definition) is 3. The number of nitrogens with zero attached hydrogens (tertiary/aromatic N) is 2. The quantitative estimate of drug-likeness (QED) is 0.279. The van der Waals surface area contributed by atoms with Crippen molar-refractivity contribution in [3.63, 3.8) is 0 Å². The van der Waals surface area contributed by atoms with Crippen LogP contribution in [0.2, 0.25) is 5.02 Å². The highest BCUT2D eigenvalue weighted by Crippen LogP contribution is 2.40. The van der Waals surface area contributed by atoms with Crippen molar-refractivity contribution in [2.75, 3.05) is 5.73 Å². The lowest BCUT2D eigenvalue weighted by Crippen LogP contribution is -3.00. The number of phenolic OH excluding ortho intramolecular Hbond substituents is 1. The predicted molar refractivity (Wildman–Crippen MR) is 147 cm³/mol. The van der Waals surface area contributed by atoms with E-state index in [-0.39, 0.29) is 45.9 Å². The van der Waals surface area contributed by atoms with Crippen LogP contribution in [0.4, 0.5) is 5.95 Å². The number of carbonyl (C=O) groups excluding carboxylic acids is 1. The van der Waals surface area contributed by atoms with Gasteiger partial charge in [-0.2, -0.15) is 0 Å². The number of para-hydroxylation sites is 2. The maximum Gasteiger partial charge on any atom is 0.356 e. The zero-order chi connectivity index (χ0) is 26.4. The molecule has 4 aromatic rings. The fraction of sp³-hybridized carbons (Fsp3) is 0.333. The maximum absolute atomic E-state index is 13.7. The highest BCUT2D eigenvalue weighted by Gasteiger charge is 2.29. The highest BCUT2D eigenvalue weighted by atomic mass is 79.9. The van der Waals surface area contributed by atoms with E-state index in [1.165, 1.54) is 0 Å². The molecule has 0 aliphatic rings. The summed E-state index contributed by atoms with van der Waals surface area (Å²) >= 11 is 6.43. The first kappa shape index (κ1) is 28.7. The van der Waals surface area contributed by atoms with Gasteiger partial charge in [0, 0.05) is 27.3 Å². The summed E-state index contributed by atoms with van der Waals surface area (Å²) in [7, 11) is 0. The molecule has 0 amide bonds. The number of imidazole rings is 1. The van der Waals surface area contributed by atoms with E-state index in [2.05, 4.69) is 0 Å². The summed E-state index contributed by atoms with van der Waals surface area (Å²) in [6.45, 7) is 12.8. The van der Waals surface area contributed by atoms with Gasteiger partial charge in [0.1, 0.15) is 23.3 Å². The second-order valence-electron chi connectivity index (χ2n) is 11.5. The fourth-order valence-corrected chi connectivity index (χ4v) is 4.81. The van der Waals surface area contributed by atoms with Crippen LogP contribution in [-0.2, 0) is 23.9 Å². The van der Waals surface area contributed by atoms with Crippen LogP contribution in [0.5, 0.6) is 5.75 Å². The van der Waals surface area contributed by atoms with Gasteiger partial charge in [0.2, 0.25) is 0 Å². The predicted octanol–water partition coefficient (Wildman–Crippen LogP) is 3.40. The summed E-state index contributed by atoms with van der Waals surface area (Å²) in [5.41, 5.74) is 10.9. The average molecular weight is 585 g/mol. The van der Waals surface area contributed by atoms with E-state index < -0.39 is 0 Å². The molecule has 0 unspecified atom stereocenters. The third-order valence-electron chi connectivity index (χ3n) is 6.65. The molecule has 196 valence electrons. The van der Waals surface area contributed by atoms with Crippen molar-refractivity contribution in [1.82, 2.24) is 4.57 Å². The number of hydrogen-bond donors (Lipinski definition) is 2. The van der Waals surface area contributed by atoms with Gasteiger partial charge in [-0.05, 0) is 41.2 Å². The van der Waals surface area contributed by atoms with E-state index in [0.717, 1.165) is 27.7 Å². The molecule has 0 aliphatic carbocycles. The summed E-state index contributed by atoms with van der Waals surface area (Å²) in [5, 5.41) is 11.7. The van der Waals surface area contributed by atoms with Crippen LogP contribution in [0.3, 0.4) is 0 Å². The molecule has 0 spiro atoms. The van der Waals surface area contributed by atoms with E-state index in [1.807, 2.05) is 111 Å². The Kier molecular flexibility index (Phi) is 8.16. The molecular formula is C30H35BrClN3O2. The molecule has 0 aliphatic heterocycles. The third-order valence-corrected chi connectivity index (χ3v) is 7.02. The van der Waals surface area contributed by atoms with Crippen molar-refractivity contribution < 1.29 is 31.4 Å². The number of rotatable bonds is 5. The van der Waals surface area contributed by atoms with Gasteiger partial charge in [-0.3, -0.25) is 10.5 Å². The number of aromatic nitrogens is 2. The lowest BCUT2D eigenvalue weighted by molar-refractivity contribution is -0.648. The lowest BCUT2D eigenvalue weighted by Gasteiger charge is -2.28. The largest absolute Gasteiger partial charge is 1.00 e. The van der Waals surface area contributed by atoms with E-state index in [4.69, 9.17) is 17.3 Å². The fourth-order valence-electron chi connectivity index (χ4n) is 4.62. The molecule has 0 radical (unpaired) electrons. The van der Waals surface area contributed by atoms with Gasteiger partial charge >= 0.3 is 5.95 Å². The van der Waals surface area contributed by atoms with Crippen LogP contribution in [-0.4, -0.2) is 15.5 Å². The van der Waals surface area contributed by atoms with E-state index in [9.17, 15) is 9.90 Å². The Morgan fingerprint density at radius 2 is 1.49 bits per heavy atom. The van der Waals surface area contributed by atoms with Gasteiger partial charge in [0.05, 0.1) is 6.54 Å². The number of fused-ring (bicyclic) bond motifs is 1. The van der Waals surface area contributed by atoms with Crippen molar-refractivity contribution in [1.29, 1.82) is 0 Å². The minimum Gasteiger partial charge on any atom is -1.00 e. The highest BCUT2D eigenvalue weighted by molar-refractivity contribution is 6.31. The summed E-state index contributed by atoms with van der Waals surface area (Å²) in [4.78, 5) is 13.7. The molecular weight excluding hydrogens is 550 g/mol. The summed E-state index contributed by atoms with van der Waals surface area (Å²) in [6.07, 6.45) is 0. The lowest BCUT2D eigenvalue weighted by atomic mass is 9.78. The minimum atomic E-state index is -0.322. The van der Waals surface area contributed by atoms with Gasteiger partial charge in [0.25, 0.3) is 0 Å². The molecule has 7 heteroatoms. The normalized spacial score (nSPS) is 12.0. The molecule has 3 N–H and O–H groups in total. The number of nitrogen functional groups attached to an aromatic ring is 1. The van der Waals surface area contributed by atoms with Gasteiger partial charge in [0.15, 0.2) is 5.78 Å². The van der Waals surface area contributed by atoms with Crippen molar-refractivity contribution in [2.45, 2.75) is 65.5 Å². The second kappa shape index (κ2) is 10.5. The maximum atomic E-state index is 13.7. The summed E-state index contributed by atoms with van der Waals surface area (Å²) < 4.78 is 3.84. The Hall–Kier alpha value is -2.83. The Morgan fingerprint density at radius 1 is 0.946 bits per heavy atom. The van der Waals surface area contributed by atoms with Crippen LogP contribution in [0.15, 0.2) is 60.7 Å².